The average Bonchev–Trinajstić information content (AvgIpc) is 2.13. The van der Waals surface area contributed by atoms with Gasteiger partial charge in [0.1, 0.15) is 0 Å². The molecule has 1 fully saturated rings. The van der Waals surface area contributed by atoms with E-state index in [1.165, 1.54) is 4.31 Å². The predicted octanol–water partition coefficient (Wildman–Crippen LogP) is 0.896. The van der Waals surface area contributed by atoms with Crippen LogP contribution in [-0.4, -0.2) is 38.9 Å². The summed E-state index contributed by atoms with van der Waals surface area (Å²) in [4.78, 5) is 0.414. The molecule has 1 saturated heterocycles. The maximum Gasteiger partial charge on any atom is 0.243 e. The summed E-state index contributed by atoms with van der Waals surface area (Å²) in [6, 6.07) is 5.52. The van der Waals surface area contributed by atoms with Crippen molar-refractivity contribution in [1.29, 1.82) is 0 Å². The lowest BCUT2D eigenvalue weighted by molar-refractivity contribution is 0.274. The zero-order valence-electron chi connectivity index (χ0n) is 10.4. The molecule has 0 bridgehead atoms. The molecule has 0 spiro atoms. The second kappa shape index (κ2) is 4.40. The number of hydrogen-bond acceptors (Lipinski definition) is 3. The van der Waals surface area contributed by atoms with Gasteiger partial charge in [-0.25, -0.2) is 8.42 Å². The zero-order chi connectivity index (χ0) is 12.6. The van der Waals surface area contributed by atoms with Gasteiger partial charge < -0.3 is 5.32 Å². The average molecular weight is 254 g/mol. The molecule has 1 aromatic carbocycles. The number of sulfonamides is 1. The molecule has 17 heavy (non-hydrogen) atoms. The molecule has 0 radical (unpaired) electrons. The van der Waals surface area contributed by atoms with Crippen LogP contribution in [0.25, 0.3) is 0 Å². The van der Waals surface area contributed by atoms with Gasteiger partial charge in [0.15, 0.2) is 0 Å². The fourth-order valence-electron chi connectivity index (χ4n) is 1.97. The summed E-state index contributed by atoms with van der Waals surface area (Å²) in [6.45, 7) is 5.27. The van der Waals surface area contributed by atoms with Gasteiger partial charge in [-0.3, -0.25) is 0 Å². The van der Waals surface area contributed by atoms with Crippen LogP contribution in [0.5, 0.6) is 0 Å². The highest BCUT2D eigenvalue weighted by atomic mass is 32.2. The smallest absolute Gasteiger partial charge is 0.243 e. The second-order valence-corrected chi connectivity index (χ2v) is 6.57. The number of rotatable bonds is 3. The standard InChI is InChI=1S/C12H18N2O2S/c1-9-4-5-12(10(2)6-9)17(15,16)14(3)11-7-13-8-11/h4-6,11,13H,7-8H2,1-3H3. The van der Waals surface area contributed by atoms with E-state index in [2.05, 4.69) is 5.32 Å². The third-order valence-corrected chi connectivity index (χ3v) is 5.33. The second-order valence-electron chi connectivity index (χ2n) is 4.60. The van der Waals surface area contributed by atoms with E-state index in [1.54, 1.807) is 13.1 Å². The monoisotopic (exact) mass is 254 g/mol. The van der Waals surface area contributed by atoms with Crippen LogP contribution < -0.4 is 5.32 Å². The largest absolute Gasteiger partial charge is 0.313 e. The summed E-state index contributed by atoms with van der Waals surface area (Å²) >= 11 is 0. The number of nitrogens with one attached hydrogen (secondary N) is 1. The summed E-state index contributed by atoms with van der Waals surface area (Å²) < 4.78 is 26.3. The molecule has 0 saturated carbocycles. The van der Waals surface area contributed by atoms with Crippen molar-refractivity contribution in [2.45, 2.75) is 24.8 Å². The molecule has 1 N–H and O–H groups in total. The van der Waals surface area contributed by atoms with E-state index in [4.69, 9.17) is 0 Å². The molecule has 0 aromatic heterocycles. The Morgan fingerprint density at radius 1 is 1.29 bits per heavy atom. The first-order valence-corrected chi connectivity index (χ1v) is 7.13. The van der Waals surface area contributed by atoms with Crippen LogP contribution in [0.2, 0.25) is 0 Å². The Balaban J connectivity index is 2.36. The highest BCUT2D eigenvalue weighted by Gasteiger charge is 2.32. The molecule has 0 aliphatic carbocycles. The van der Waals surface area contributed by atoms with Crippen molar-refractivity contribution in [1.82, 2.24) is 9.62 Å². The van der Waals surface area contributed by atoms with Crippen molar-refractivity contribution in [3.8, 4) is 0 Å². The molecule has 0 unspecified atom stereocenters. The summed E-state index contributed by atoms with van der Waals surface area (Å²) in [7, 11) is -1.70. The summed E-state index contributed by atoms with van der Waals surface area (Å²) in [6.07, 6.45) is 0. The molecule has 1 heterocycles. The van der Waals surface area contributed by atoms with Crippen molar-refractivity contribution in [3.63, 3.8) is 0 Å². The van der Waals surface area contributed by atoms with Gasteiger partial charge in [0.25, 0.3) is 0 Å². The van der Waals surface area contributed by atoms with Crippen LogP contribution in [-0.2, 0) is 10.0 Å². The van der Waals surface area contributed by atoms with Gasteiger partial charge in [0.05, 0.1) is 4.90 Å². The normalized spacial score (nSPS) is 17.2. The molecular formula is C12H18N2O2S. The van der Waals surface area contributed by atoms with E-state index in [-0.39, 0.29) is 6.04 Å². The Labute approximate surface area is 103 Å². The molecule has 94 valence electrons. The first-order chi connectivity index (χ1) is 7.93. The van der Waals surface area contributed by atoms with E-state index < -0.39 is 10.0 Å². The minimum absolute atomic E-state index is 0.0840. The number of hydrogen-bond donors (Lipinski definition) is 1. The van der Waals surface area contributed by atoms with Gasteiger partial charge in [0, 0.05) is 26.2 Å². The van der Waals surface area contributed by atoms with Crippen molar-refractivity contribution >= 4 is 10.0 Å². The Morgan fingerprint density at radius 3 is 2.41 bits per heavy atom. The molecule has 1 aliphatic heterocycles. The quantitative estimate of drug-likeness (QED) is 0.871. The van der Waals surface area contributed by atoms with Crippen LogP contribution >= 0.6 is 0 Å². The number of nitrogens with zero attached hydrogens (tertiary/aromatic N) is 1. The SMILES string of the molecule is Cc1ccc(S(=O)(=O)N(C)C2CNC2)c(C)c1. The van der Waals surface area contributed by atoms with Crippen LogP contribution in [0.3, 0.4) is 0 Å². The Morgan fingerprint density at radius 2 is 1.94 bits per heavy atom. The fraction of sp³-hybridized carbons (Fsp3) is 0.500. The van der Waals surface area contributed by atoms with Crippen molar-refractivity contribution < 1.29 is 8.42 Å². The van der Waals surface area contributed by atoms with E-state index in [0.29, 0.717) is 4.90 Å². The molecular weight excluding hydrogens is 236 g/mol. The van der Waals surface area contributed by atoms with Crippen molar-refractivity contribution in [2.24, 2.45) is 0 Å². The first-order valence-electron chi connectivity index (χ1n) is 5.69. The van der Waals surface area contributed by atoms with Gasteiger partial charge in [-0.2, -0.15) is 4.31 Å². The Bertz CT molecular complexity index is 521. The molecule has 5 heteroatoms. The highest BCUT2D eigenvalue weighted by molar-refractivity contribution is 7.89. The maximum absolute atomic E-state index is 12.4. The van der Waals surface area contributed by atoms with E-state index in [0.717, 1.165) is 24.2 Å². The van der Waals surface area contributed by atoms with E-state index in [9.17, 15) is 8.42 Å². The lowest BCUT2D eigenvalue weighted by Gasteiger charge is -2.35. The minimum Gasteiger partial charge on any atom is -0.313 e. The van der Waals surface area contributed by atoms with Gasteiger partial charge in [-0.05, 0) is 25.5 Å². The topological polar surface area (TPSA) is 49.4 Å². The fourth-order valence-corrected chi connectivity index (χ4v) is 3.53. The molecule has 0 amide bonds. The summed E-state index contributed by atoms with van der Waals surface area (Å²) in [5.74, 6) is 0. The number of aryl methyl sites for hydroxylation is 2. The minimum atomic E-state index is -3.35. The Kier molecular flexibility index (Phi) is 3.25. The number of likely N-dealkylation sites (N-methyl/N-ethyl adjacent to an activating group) is 1. The first kappa shape index (κ1) is 12.5. The third kappa shape index (κ3) is 2.22. The van der Waals surface area contributed by atoms with Gasteiger partial charge >= 0.3 is 0 Å². The van der Waals surface area contributed by atoms with Gasteiger partial charge in [-0.15, -0.1) is 0 Å². The van der Waals surface area contributed by atoms with Gasteiger partial charge in [-0.1, -0.05) is 17.7 Å². The van der Waals surface area contributed by atoms with E-state index in [1.807, 2.05) is 26.0 Å². The zero-order valence-corrected chi connectivity index (χ0v) is 11.2. The molecule has 4 nitrogen and oxygen atoms in total. The van der Waals surface area contributed by atoms with Crippen LogP contribution in [0.1, 0.15) is 11.1 Å². The predicted molar refractivity (Wildman–Crippen MR) is 67.5 cm³/mol. The molecule has 1 aromatic rings. The Hall–Kier alpha value is -0.910. The summed E-state index contributed by atoms with van der Waals surface area (Å²) in [5.41, 5.74) is 1.89. The highest BCUT2D eigenvalue weighted by Crippen LogP contribution is 2.22. The molecule has 1 aliphatic rings. The van der Waals surface area contributed by atoms with E-state index >= 15 is 0 Å². The van der Waals surface area contributed by atoms with Gasteiger partial charge in [0.2, 0.25) is 10.0 Å². The molecule has 0 atom stereocenters. The van der Waals surface area contributed by atoms with Crippen LogP contribution in [0, 0.1) is 13.8 Å². The van der Waals surface area contributed by atoms with Crippen molar-refractivity contribution in [3.05, 3.63) is 29.3 Å². The maximum atomic E-state index is 12.4. The third-order valence-electron chi connectivity index (χ3n) is 3.26. The summed E-state index contributed by atoms with van der Waals surface area (Å²) in [5, 5.41) is 3.08. The van der Waals surface area contributed by atoms with Crippen molar-refractivity contribution in [2.75, 3.05) is 20.1 Å². The lowest BCUT2D eigenvalue weighted by atomic mass is 10.2. The lowest BCUT2D eigenvalue weighted by Crippen LogP contribution is -2.57. The van der Waals surface area contributed by atoms with Crippen LogP contribution in [0.15, 0.2) is 23.1 Å². The number of benzene rings is 1. The van der Waals surface area contributed by atoms with Crippen LogP contribution in [0.4, 0.5) is 0 Å². The molecule has 2 rings (SSSR count).